The Hall–Kier alpha value is -1.49. The molecule has 1 aliphatic heterocycles. The molecule has 112 valence electrons. The van der Waals surface area contributed by atoms with E-state index in [4.69, 9.17) is 10.5 Å². The molecule has 1 amide bonds. The SMILES string of the molecule is CCCn1cc(N)cc1C(=O)N(C)CC1CCCCO1. The van der Waals surface area contributed by atoms with Crippen LogP contribution in [0.3, 0.4) is 0 Å². The standard InChI is InChI=1S/C15H25N3O2/c1-3-7-18-10-12(16)9-14(18)15(19)17(2)11-13-6-4-5-8-20-13/h9-10,13H,3-8,11,16H2,1-2H3. The molecule has 1 aliphatic rings. The summed E-state index contributed by atoms with van der Waals surface area (Å²) in [6.45, 7) is 4.36. The summed E-state index contributed by atoms with van der Waals surface area (Å²) in [4.78, 5) is 14.3. The van der Waals surface area contributed by atoms with Gasteiger partial charge in [-0.05, 0) is 31.7 Å². The summed E-state index contributed by atoms with van der Waals surface area (Å²) in [5, 5.41) is 0. The van der Waals surface area contributed by atoms with Crippen molar-refractivity contribution in [3.05, 3.63) is 18.0 Å². The fourth-order valence-corrected chi connectivity index (χ4v) is 2.67. The number of carbonyl (C=O) groups excluding carboxylic acids is 1. The van der Waals surface area contributed by atoms with Gasteiger partial charge in [-0.3, -0.25) is 4.79 Å². The Morgan fingerprint density at radius 1 is 1.55 bits per heavy atom. The number of aromatic nitrogens is 1. The summed E-state index contributed by atoms with van der Waals surface area (Å²) >= 11 is 0. The Morgan fingerprint density at radius 2 is 2.35 bits per heavy atom. The third-order valence-electron chi connectivity index (χ3n) is 3.70. The maximum absolute atomic E-state index is 12.5. The zero-order chi connectivity index (χ0) is 14.5. The molecule has 1 aromatic rings. The number of amides is 1. The summed E-state index contributed by atoms with van der Waals surface area (Å²) in [5.41, 5.74) is 7.13. The number of aryl methyl sites for hydroxylation is 1. The molecule has 0 aromatic carbocycles. The summed E-state index contributed by atoms with van der Waals surface area (Å²) in [6, 6.07) is 1.76. The van der Waals surface area contributed by atoms with Crippen LogP contribution in [-0.4, -0.2) is 41.7 Å². The summed E-state index contributed by atoms with van der Waals surface area (Å²) < 4.78 is 7.63. The van der Waals surface area contributed by atoms with Crippen LogP contribution >= 0.6 is 0 Å². The van der Waals surface area contributed by atoms with Gasteiger partial charge in [-0.1, -0.05) is 6.92 Å². The molecule has 5 heteroatoms. The number of hydrogen-bond donors (Lipinski definition) is 1. The Labute approximate surface area is 120 Å². The average Bonchev–Trinajstić information content (AvgIpc) is 2.80. The first-order valence-corrected chi connectivity index (χ1v) is 7.44. The van der Waals surface area contributed by atoms with Crippen LogP contribution in [0.2, 0.25) is 0 Å². The third-order valence-corrected chi connectivity index (χ3v) is 3.70. The average molecular weight is 279 g/mol. The number of carbonyl (C=O) groups is 1. The normalized spacial score (nSPS) is 19.0. The summed E-state index contributed by atoms with van der Waals surface area (Å²) in [5.74, 6) is 0.0179. The van der Waals surface area contributed by atoms with Gasteiger partial charge in [-0.25, -0.2) is 0 Å². The van der Waals surface area contributed by atoms with Crippen molar-refractivity contribution in [2.75, 3.05) is 25.9 Å². The Balaban J connectivity index is 2.01. The van der Waals surface area contributed by atoms with Gasteiger partial charge in [0, 0.05) is 32.9 Å². The zero-order valence-electron chi connectivity index (χ0n) is 12.5. The molecule has 2 rings (SSSR count). The smallest absolute Gasteiger partial charge is 0.270 e. The van der Waals surface area contributed by atoms with Crippen LogP contribution in [0.1, 0.15) is 43.1 Å². The second-order valence-corrected chi connectivity index (χ2v) is 5.53. The van der Waals surface area contributed by atoms with E-state index in [-0.39, 0.29) is 12.0 Å². The van der Waals surface area contributed by atoms with Crippen molar-refractivity contribution < 1.29 is 9.53 Å². The maximum Gasteiger partial charge on any atom is 0.270 e. The zero-order valence-corrected chi connectivity index (χ0v) is 12.5. The molecular formula is C15H25N3O2. The van der Waals surface area contributed by atoms with Gasteiger partial charge in [0.05, 0.1) is 11.8 Å². The second-order valence-electron chi connectivity index (χ2n) is 5.53. The predicted molar refractivity (Wildman–Crippen MR) is 79.7 cm³/mol. The van der Waals surface area contributed by atoms with E-state index in [0.29, 0.717) is 17.9 Å². The Morgan fingerprint density at radius 3 is 3.00 bits per heavy atom. The van der Waals surface area contributed by atoms with E-state index in [0.717, 1.165) is 32.4 Å². The molecule has 1 aromatic heterocycles. The molecule has 1 saturated heterocycles. The van der Waals surface area contributed by atoms with Crippen LogP contribution in [0.25, 0.3) is 0 Å². The van der Waals surface area contributed by atoms with Gasteiger partial charge in [0.2, 0.25) is 0 Å². The highest BCUT2D eigenvalue weighted by Crippen LogP contribution is 2.17. The molecular weight excluding hydrogens is 254 g/mol. The molecule has 2 heterocycles. The molecule has 0 radical (unpaired) electrons. The van der Waals surface area contributed by atoms with Crippen molar-refractivity contribution in [3.8, 4) is 0 Å². The van der Waals surface area contributed by atoms with Crippen LogP contribution in [0.15, 0.2) is 12.3 Å². The van der Waals surface area contributed by atoms with E-state index in [1.165, 1.54) is 6.42 Å². The van der Waals surface area contributed by atoms with Crippen LogP contribution in [-0.2, 0) is 11.3 Å². The maximum atomic E-state index is 12.5. The number of nitrogens with zero attached hydrogens (tertiary/aromatic N) is 2. The minimum Gasteiger partial charge on any atom is -0.397 e. The topological polar surface area (TPSA) is 60.5 Å². The first kappa shape index (κ1) is 14.9. The van der Waals surface area contributed by atoms with E-state index >= 15 is 0 Å². The monoisotopic (exact) mass is 279 g/mol. The number of likely N-dealkylation sites (N-methyl/N-ethyl adjacent to an activating group) is 1. The van der Waals surface area contributed by atoms with Crippen LogP contribution < -0.4 is 5.73 Å². The van der Waals surface area contributed by atoms with Gasteiger partial charge in [0.1, 0.15) is 5.69 Å². The van der Waals surface area contributed by atoms with Crippen molar-refractivity contribution in [1.82, 2.24) is 9.47 Å². The number of nitrogen functional groups attached to an aromatic ring is 1. The number of hydrogen-bond acceptors (Lipinski definition) is 3. The van der Waals surface area contributed by atoms with Gasteiger partial charge in [-0.15, -0.1) is 0 Å². The fraction of sp³-hybridized carbons (Fsp3) is 0.667. The van der Waals surface area contributed by atoms with Crippen molar-refractivity contribution in [1.29, 1.82) is 0 Å². The van der Waals surface area contributed by atoms with E-state index in [1.807, 2.05) is 17.8 Å². The van der Waals surface area contributed by atoms with Crippen molar-refractivity contribution in [3.63, 3.8) is 0 Å². The lowest BCUT2D eigenvalue weighted by molar-refractivity contribution is -0.000374. The molecule has 0 bridgehead atoms. The molecule has 5 nitrogen and oxygen atoms in total. The van der Waals surface area contributed by atoms with Crippen LogP contribution in [0.5, 0.6) is 0 Å². The molecule has 1 unspecified atom stereocenters. The van der Waals surface area contributed by atoms with Gasteiger partial charge in [0.15, 0.2) is 0 Å². The third kappa shape index (κ3) is 3.54. The Kier molecular flexibility index (Phi) is 5.06. The molecule has 1 atom stereocenters. The van der Waals surface area contributed by atoms with E-state index in [9.17, 15) is 4.79 Å². The van der Waals surface area contributed by atoms with E-state index in [2.05, 4.69) is 6.92 Å². The number of ether oxygens (including phenoxy) is 1. The minimum atomic E-state index is 0.0179. The van der Waals surface area contributed by atoms with E-state index in [1.54, 1.807) is 11.0 Å². The molecule has 20 heavy (non-hydrogen) atoms. The number of rotatable bonds is 5. The van der Waals surface area contributed by atoms with Gasteiger partial charge in [0.25, 0.3) is 5.91 Å². The predicted octanol–water partition coefficient (Wildman–Crippen LogP) is 2.12. The van der Waals surface area contributed by atoms with Gasteiger partial charge < -0.3 is 19.9 Å². The lowest BCUT2D eigenvalue weighted by Gasteiger charge is -2.27. The highest BCUT2D eigenvalue weighted by Gasteiger charge is 2.21. The summed E-state index contributed by atoms with van der Waals surface area (Å²) in [7, 11) is 1.83. The summed E-state index contributed by atoms with van der Waals surface area (Å²) in [6.07, 6.45) is 6.33. The van der Waals surface area contributed by atoms with Gasteiger partial charge >= 0.3 is 0 Å². The first-order valence-electron chi connectivity index (χ1n) is 7.44. The molecule has 0 spiro atoms. The van der Waals surface area contributed by atoms with E-state index < -0.39 is 0 Å². The quantitative estimate of drug-likeness (QED) is 0.898. The number of nitrogens with two attached hydrogens (primary N) is 1. The molecule has 0 saturated carbocycles. The van der Waals surface area contributed by atoms with Crippen molar-refractivity contribution in [2.24, 2.45) is 0 Å². The lowest BCUT2D eigenvalue weighted by atomic mass is 10.1. The number of anilines is 1. The fourth-order valence-electron chi connectivity index (χ4n) is 2.67. The molecule has 0 aliphatic carbocycles. The lowest BCUT2D eigenvalue weighted by Crippen LogP contribution is -2.37. The van der Waals surface area contributed by atoms with Gasteiger partial charge in [-0.2, -0.15) is 0 Å². The van der Waals surface area contributed by atoms with Crippen molar-refractivity contribution in [2.45, 2.75) is 45.3 Å². The van der Waals surface area contributed by atoms with Crippen LogP contribution in [0.4, 0.5) is 5.69 Å². The van der Waals surface area contributed by atoms with Crippen molar-refractivity contribution >= 4 is 11.6 Å². The van der Waals surface area contributed by atoms with Crippen LogP contribution in [0, 0.1) is 0 Å². The highest BCUT2D eigenvalue weighted by molar-refractivity contribution is 5.93. The first-order chi connectivity index (χ1) is 9.61. The Bertz CT molecular complexity index is 450. The molecule has 2 N–H and O–H groups in total. The highest BCUT2D eigenvalue weighted by atomic mass is 16.5. The minimum absolute atomic E-state index is 0.0179. The largest absolute Gasteiger partial charge is 0.397 e. The second kappa shape index (κ2) is 6.79. The molecule has 1 fully saturated rings.